The molecule has 0 aromatic rings. The third-order valence-electron chi connectivity index (χ3n) is 4.42. The molecule has 0 amide bonds. The summed E-state index contributed by atoms with van der Waals surface area (Å²) in [4.78, 5) is 0. The van der Waals surface area contributed by atoms with Crippen LogP contribution in [0.25, 0.3) is 0 Å². The van der Waals surface area contributed by atoms with Crippen LogP contribution in [0.2, 0.25) is 0 Å². The minimum absolute atomic E-state index is 0.231. The van der Waals surface area contributed by atoms with Crippen LogP contribution < -0.4 is 10.6 Å². The Morgan fingerprint density at radius 2 is 2.13 bits per heavy atom. The summed E-state index contributed by atoms with van der Waals surface area (Å²) in [6.45, 7) is 2.34. The fraction of sp³-hybridized carbons (Fsp3) is 1.00. The van der Waals surface area contributed by atoms with Crippen molar-refractivity contribution in [3.63, 3.8) is 0 Å². The predicted molar refractivity (Wildman–Crippen MR) is 61.6 cm³/mol. The fourth-order valence-electron chi connectivity index (χ4n) is 3.37. The summed E-state index contributed by atoms with van der Waals surface area (Å²) in [5.74, 6) is 0.826. The molecule has 1 saturated carbocycles. The first-order valence-corrected chi connectivity index (χ1v) is 6.29. The average Bonchev–Trinajstić information content (AvgIpc) is 2.26. The van der Waals surface area contributed by atoms with Gasteiger partial charge in [0, 0.05) is 11.6 Å². The van der Waals surface area contributed by atoms with Crippen LogP contribution in [0, 0.1) is 5.92 Å². The van der Waals surface area contributed by atoms with Crippen LogP contribution in [-0.2, 0) is 0 Å². The summed E-state index contributed by atoms with van der Waals surface area (Å²) in [6.07, 6.45) is 7.33. The van der Waals surface area contributed by atoms with Gasteiger partial charge in [-0.1, -0.05) is 12.8 Å². The van der Waals surface area contributed by atoms with Crippen molar-refractivity contribution in [2.45, 2.75) is 63.3 Å². The summed E-state index contributed by atoms with van der Waals surface area (Å²) >= 11 is 0. The van der Waals surface area contributed by atoms with Gasteiger partial charge in [-0.15, -0.1) is 0 Å². The monoisotopic (exact) mass is 212 g/mol. The SMILES string of the molecule is CNC(O)[C@H]1CCC2CCCCC2(C)N1. The molecule has 1 saturated heterocycles. The average molecular weight is 212 g/mol. The van der Waals surface area contributed by atoms with Gasteiger partial charge in [-0.05, 0) is 45.6 Å². The molecule has 88 valence electrons. The number of aliphatic hydroxyl groups excluding tert-OH is 1. The normalized spacial score (nSPS) is 43.4. The molecule has 0 aromatic carbocycles. The number of hydrogen-bond acceptors (Lipinski definition) is 3. The zero-order valence-electron chi connectivity index (χ0n) is 9.92. The topological polar surface area (TPSA) is 44.3 Å². The first-order valence-electron chi connectivity index (χ1n) is 6.29. The van der Waals surface area contributed by atoms with Crippen LogP contribution in [-0.4, -0.2) is 30.0 Å². The first kappa shape index (κ1) is 11.4. The molecule has 0 spiro atoms. The van der Waals surface area contributed by atoms with E-state index in [0.717, 1.165) is 12.3 Å². The zero-order chi connectivity index (χ0) is 10.9. The summed E-state index contributed by atoms with van der Waals surface area (Å²) in [5.41, 5.74) is 0.277. The molecule has 2 fully saturated rings. The Bertz CT molecular complexity index is 222. The van der Waals surface area contributed by atoms with Gasteiger partial charge in [0.25, 0.3) is 0 Å². The van der Waals surface area contributed by atoms with Gasteiger partial charge >= 0.3 is 0 Å². The minimum Gasteiger partial charge on any atom is -0.377 e. The molecule has 1 aliphatic heterocycles. The van der Waals surface area contributed by atoms with Crippen LogP contribution >= 0.6 is 0 Å². The van der Waals surface area contributed by atoms with Gasteiger partial charge in [-0.2, -0.15) is 0 Å². The smallest absolute Gasteiger partial charge is 0.120 e. The van der Waals surface area contributed by atoms with Crippen molar-refractivity contribution in [1.29, 1.82) is 0 Å². The molecule has 2 rings (SSSR count). The highest BCUT2D eigenvalue weighted by Crippen LogP contribution is 2.40. The van der Waals surface area contributed by atoms with E-state index in [1.807, 2.05) is 7.05 Å². The van der Waals surface area contributed by atoms with Crippen molar-refractivity contribution in [3.8, 4) is 0 Å². The predicted octanol–water partition coefficient (Wildman–Crippen LogP) is 1.23. The second-order valence-corrected chi connectivity index (χ2v) is 5.42. The Morgan fingerprint density at radius 3 is 2.87 bits per heavy atom. The van der Waals surface area contributed by atoms with E-state index in [9.17, 15) is 5.11 Å². The lowest BCUT2D eigenvalue weighted by atomic mass is 9.68. The number of likely N-dealkylation sites (N-methyl/N-ethyl adjacent to an activating group) is 1. The zero-order valence-corrected chi connectivity index (χ0v) is 9.92. The maximum absolute atomic E-state index is 9.81. The minimum atomic E-state index is -0.398. The molecule has 3 heteroatoms. The molecule has 4 atom stereocenters. The van der Waals surface area contributed by atoms with E-state index in [4.69, 9.17) is 0 Å². The van der Waals surface area contributed by atoms with Gasteiger partial charge < -0.3 is 10.4 Å². The number of rotatable bonds is 2. The van der Waals surface area contributed by atoms with Crippen LogP contribution in [0.5, 0.6) is 0 Å². The third-order valence-corrected chi connectivity index (χ3v) is 4.42. The van der Waals surface area contributed by atoms with Crippen molar-refractivity contribution in [2.24, 2.45) is 5.92 Å². The second-order valence-electron chi connectivity index (χ2n) is 5.42. The van der Waals surface area contributed by atoms with Crippen LogP contribution in [0.3, 0.4) is 0 Å². The lowest BCUT2D eigenvalue weighted by Crippen LogP contribution is -2.62. The van der Waals surface area contributed by atoms with Gasteiger partial charge in [0.05, 0.1) is 0 Å². The lowest BCUT2D eigenvalue weighted by molar-refractivity contribution is 0.0203. The van der Waals surface area contributed by atoms with Gasteiger partial charge in [0.15, 0.2) is 0 Å². The fourth-order valence-corrected chi connectivity index (χ4v) is 3.37. The van der Waals surface area contributed by atoms with Crippen LogP contribution in [0.15, 0.2) is 0 Å². The van der Waals surface area contributed by atoms with Crippen molar-refractivity contribution in [2.75, 3.05) is 7.05 Å². The number of fused-ring (bicyclic) bond motifs is 1. The Kier molecular flexibility index (Phi) is 3.33. The molecule has 0 aromatic heterocycles. The highest BCUT2D eigenvalue weighted by Gasteiger charge is 2.42. The van der Waals surface area contributed by atoms with Crippen LogP contribution in [0.1, 0.15) is 45.4 Å². The van der Waals surface area contributed by atoms with Crippen molar-refractivity contribution in [3.05, 3.63) is 0 Å². The molecule has 3 N–H and O–H groups in total. The maximum atomic E-state index is 9.81. The first-order chi connectivity index (χ1) is 7.15. The molecule has 1 aliphatic carbocycles. The van der Waals surface area contributed by atoms with E-state index < -0.39 is 6.23 Å². The Labute approximate surface area is 92.6 Å². The Balaban J connectivity index is 2.01. The largest absolute Gasteiger partial charge is 0.377 e. The summed E-state index contributed by atoms with van der Waals surface area (Å²) in [6, 6.07) is 0.231. The van der Waals surface area contributed by atoms with Gasteiger partial charge in [0.1, 0.15) is 6.23 Å². The number of nitrogens with one attached hydrogen (secondary N) is 2. The molecule has 1 heterocycles. The lowest BCUT2D eigenvalue weighted by Gasteiger charge is -2.49. The number of piperidine rings is 1. The highest BCUT2D eigenvalue weighted by molar-refractivity contribution is 5.00. The highest BCUT2D eigenvalue weighted by atomic mass is 16.3. The van der Waals surface area contributed by atoms with Gasteiger partial charge in [0.2, 0.25) is 0 Å². The second kappa shape index (κ2) is 4.40. The van der Waals surface area contributed by atoms with Gasteiger partial charge in [-0.25, -0.2) is 0 Å². The number of aliphatic hydroxyl groups is 1. The molecule has 3 nitrogen and oxygen atoms in total. The quantitative estimate of drug-likeness (QED) is 0.603. The summed E-state index contributed by atoms with van der Waals surface area (Å²) in [5, 5.41) is 16.4. The van der Waals surface area contributed by atoms with Crippen molar-refractivity contribution < 1.29 is 5.11 Å². The van der Waals surface area contributed by atoms with Crippen LogP contribution in [0.4, 0.5) is 0 Å². The standard InChI is InChI=1S/C12H24N2O/c1-12-8-4-3-5-9(12)6-7-10(14-12)11(15)13-2/h9-11,13-15H,3-8H2,1-2H3/t9?,10-,11?,12?/m1/s1. The molecule has 3 unspecified atom stereocenters. The van der Waals surface area contributed by atoms with Crippen molar-refractivity contribution >= 4 is 0 Å². The van der Waals surface area contributed by atoms with E-state index in [0.29, 0.717) is 0 Å². The van der Waals surface area contributed by atoms with E-state index in [2.05, 4.69) is 17.6 Å². The molecular weight excluding hydrogens is 188 g/mol. The number of hydrogen-bond donors (Lipinski definition) is 3. The summed E-state index contributed by atoms with van der Waals surface area (Å²) < 4.78 is 0. The van der Waals surface area contributed by atoms with E-state index in [1.165, 1.54) is 32.1 Å². The maximum Gasteiger partial charge on any atom is 0.120 e. The Hall–Kier alpha value is -0.120. The van der Waals surface area contributed by atoms with E-state index in [1.54, 1.807) is 0 Å². The molecule has 0 radical (unpaired) electrons. The molecule has 2 aliphatic rings. The molecule has 15 heavy (non-hydrogen) atoms. The van der Waals surface area contributed by atoms with Gasteiger partial charge in [-0.3, -0.25) is 5.32 Å². The van der Waals surface area contributed by atoms with Crippen molar-refractivity contribution in [1.82, 2.24) is 10.6 Å². The molecular formula is C12H24N2O. The summed E-state index contributed by atoms with van der Waals surface area (Å²) in [7, 11) is 1.82. The van der Waals surface area contributed by atoms with E-state index >= 15 is 0 Å². The third kappa shape index (κ3) is 2.19. The Morgan fingerprint density at radius 1 is 1.33 bits per heavy atom. The van der Waals surface area contributed by atoms with E-state index in [-0.39, 0.29) is 11.6 Å². The molecule has 0 bridgehead atoms.